The van der Waals surface area contributed by atoms with Crippen LogP contribution in [-0.4, -0.2) is 23.1 Å². The smallest absolute Gasteiger partial charge is 0.165 e. The fourth-order valence-corrected chi connectivity index (χ4v) is 3.35. The highest BCUT2D eigenvalue weighted by molar-refractivity contribution is 5.91. The number of rotatable bonds is 2. The summed E-state index contributed by atoms with van der Waals surface area (Å²) in [5, 5.41) is 1.04. The topological polar surface area (TPSA) is 29.0 Å². The molecule has 1 fully saturated rings. The molecule has 1 saturated heterocycles. The molecule has 3 nitrogen and oxygen atoms in total. The van der Waals surface area contributed by atoms with Crippen molar-refractivity contribution in [3.05, 3.63) is 54.3 Å². The Hall–Kier alpha value is -2.49. The van der Waals surface area contributed by atoms with Crippen LogP contribution < -0.4 is 4.90 Å². The summed E-state index contributed by atoms with van der Waals surface area (Å²) in [5.74, 6) is 1.11. The van der Waals surface area contributed by atoms with Gasteiger partial charge in [-0.25, -0.2) is 14.4 Å². The number of fused-ring (bicyclic) bond motifs is 1. The lowest BCUT2D eigenvalue weighted by Gasteiger charge is -2.23. The zero-order valence-corrected chi connectivity index (χ0v) is 13.6. The third kappa shape index (κ3) is 2.84. The van der Waals surface area contributed by atoms with Gasteiger partial charge in [-0.05, 0) is 37.1 Å². The van der Waals surface area contributed by atoms with E-state index < -0.39 is 0 Å². The van der Waals surface area contributed by atoms with Gasteiger partial charge in [-0.3, -0.25) is 0 Å². The molecule has 3 aromatic rings. The predicted octanol–water partition coefficient (Wildman–Crippen LogP) is 4.82. The molecule has 0 atom stereocenters. The Labute approximate surface area is 141 Å². The minimum absolute atomic E-state index is 0.283. The molecule has 4 rings (SSSR count). The van der Waals surface area contributed by atoms with Crippen molar-refractivity contribution >= 4 is 16.7 Å². The maximum Gasteiger partial charge on any atom is 0.165 e. The third-order valence-electron chi connectivity index (χ3n) is 4.60. The van der Waals surface area contributed by atoms with E-state index >= 15 is 0 Å². The van der Waals surface area contributed by atoms with E-state index in [9.17, 15) is 4.39 Å². The van der Waals surface area contributed by atoms with Gasteiger partial charge in [0.1, 0.15) is 11.6 Å². The predicted molar refractivity (Wildman–Crippen MR) is 95.6 cm³/mol. The van der Waals surface area contributed by atoms with E-state index in [0.29, 0.717) is 11.4 Å². The number of hydrogen-bond acceptors (Lipinski definition) is 3. The molecule has 2 aromatic carbocycles. The van der Waals surface area contributed by atoms with Gasteiger partial charge in [-0.15, -0.1) is 0 Å². The molecular formula is C20H20FN3. The van der Waals surface area contributed by atoms with Crippen LogP contribution in [0.3, 0.4) is 0 Å². The highest BCUT2D eigenvalue weighted by Gasteiger charge is 2.17. The quantitative estimate of drug-likeness (QED) is 0.678. The van der Waals surface area contributed by atoms with Crippen molar-refractivity contribution in [2.24, 2.45) is 0 Å². The second-order valence-electron chi connectivity index (χ2n) is 6.27. The Morgan fingerprint density at radius 2 is 1.50 bits per heavy atom. The third-order valence-corrected chi connectivity index (χ3v) is 4.60. The molecule has 4 heteroatoms. The number of halogens is 1. The highest BCUT2D eigenvalue weighted by Crippen LogP contribution is 2.29. The molecule has 0 amide bonds. The summed E-state index contributed by atoms with van der Waals surface area (Å²) in [5.41, 5.74) is 1.32. The zero-order chi connectivity index (χ0) is 16.4. The maximum atomic E-state index is 14.2. The first-order valence-corrected chi connectivity index (χ1v) is 8.59. The van der Waals surface area contributed by atoms with Gasteiger partial charge in [0.15, 0.2) is 5.82 Å². The van der Waals surface area contributed by atoms with Crippen molar-refractivity contribution in [2.45, 2.75) is 25.7 Å². The lowest BCUT2D eigenvalue weighted by Crippen LogP contribution is -2.25. The minimum atomic E-state index is -0.283. The van der Waals surface area contributed by atoms with E-state index in [1.54, 1.807) is 12.1 Å². The van der Waals surface area contributed by atoms with Crippen LogP contribution in [-0.2, 0) is 0 Å². The Balaban J connectivity index is 1.89. The van der Waals surface area contributed by atoms with Crippen LogP contribution in [0.15, 0.2) is 48.5 Å². The molecule has 2 heterocycles. The molecule has 122 valence electrons. The van der Waals surface area contributed by atoms with Crippen LogP contribution in [0.1, 0.15) is 25.7 Å². The Morgan fingerprint density at radius 3 is 2.29 bits per heavy atom. The van der Waals surface area contributed by atoms with E-state index in [0.717, 1.165) is 29.8 Å². The Kier molecular flexibility index (Phi) is 4.11. The van der Waals surface area contributed by atoms with Crippen LogP contribution in [0.5, 0.6) is 0 Å². The van der Waals surface area contributed by atoms with Crippen molar-refractivity contribution in [3.8, 4) is 11.4 Å². The standard InChI is InChI=1S/C20H20FN3/c21-17-11-5-3-9-15(17)19-22-18-12-6-4-10-16(18)20(23-19)24-13-7-1-2-8-14-24/h3-6,9-12H,1-2,7-8,13-14H2. The zero-order valence-electron chi connectivity index (χ0n) is 13.6. The average Bonchev–Trinajstić information content (AvgIpc) is 2.90. The van der Waals surface area contributed by atoms with Crippen LogP contribution >= 0.6 is 0 Å². The molecule has 0 unspecified atom stereocenters. The first kappa shape index (κ1) is 15.1. The van der Waals surface area contributed by atoms with Crippen molar-refractivity contribution in [2.75, 3.05) is 18.0 Å². The largest absolute Gasteiger partial charge is 0.356 e. The second kappa shape index (κ2) is 6.56. The molecule has 0 saturated carbocycles. The van der Waals surface area contributed by atoms with Gasteiger partial charge in [-0.2, -0.15) is 0 Å². The molecule has 1 aliphatic rings. The number of nitrogens with zero attached hydrogens (tertiary/aromatic N) is 3. The van der Waals surface area contributed by atoms with Crippen LogP contribution in [0.25, 0.3) is 22.3 Å². The second-order valence-corrected chi connectivity index (χ2v) is 6.27. The van der Waals surface area contributed by atoms with Gasteiger partial charge in [0.25, 0.3) is 0 Å². The van der Waals surface area contributed by atoms with Crippen LogP contribution in [0, 0.1) is 5.82 Å². The lowest BCUT2D eigenvalue weighted by molar-refractivity contribution is 0.630. The summed E-state index contributed by atoms with van der Waals surface area (Å²) in [6, 6.07) is 14.7. The SMILES string of the molecule is Fc1ccccc1-c1nc(N2CCCCCC2)c2ccccc2n1. The van der Waals surface area contributed by atoms with Gasteiger partial charge in [-0.1, -0.05) is 37.1 Å². The molecular weight excluding hydrogens is 301 g/mol. The normalized spacial score (nSPS) is 15.5. The van der Waals surface area contributed by atoms with E-state index in [-0.39, 0.29) is 5.82 Å². The van der Waals surface area contributed by atoms with Crippen molar-refractivity contribution in [1.29, 1.82) is 0 Å². The maximum absolute atomic E-state index is 14.2. The summed E-state index contributed by atoms with van der Waals surface area (Å²) in [4.78, 5) is 11.7. The van der Waals surface area contributed by atoms with E-state index in [1.807, 2.05) is 24.3 Å². The summed E-state index contributed by atoms with van der Waals surface area (Å²) in [6.45, 7) is 2.00. The van der Waals surface area contributed by atoms with Gasteiger partial charge < -0.3 is 4.90 Å². The van der Waals surface area contributed by atoms with Crippen LogP contribution in [0.2, 0.25) is 0 Å². The number of para-hydroxylation sites is 1. The van der Waals surface area contributed by atoms with E-state index in [2.05, 4.69) is 16.0 Å². The van der Waals surface area contributed by atoms with E-state index in [1.165, 1.54) is 31.7 Å². The molecule has 0 radical (unpaired) electrons. The van der Waals surface area contributed by atoms with Gasteiger partial charge >= 0.3 is 0 Å². The molecule has 1 aromatic heterocycles. The molecule has 0 N–H and O–H groups in total. The Bertz CT molecular complexity index is 854. The number of hydrogen-bond donors (Lipinski definition) is 0. The molecule has 0 bridgehead atoms. The van der Waals surface area contributed by atoms with Crippen molar-refractivity contribution < 1.29 is 4.39 Å². The fourth-order valence-electron chi connectivity index (χ4n) is 3.35. The molecule has 1 aliphatic heterocycles. The summed E-state index contributed by atoms with van der Waals surface area (Å²) < 4.78 is 14.2. The van der Waals surface area contributed by atoms with Gasteiger partial charge in [0, 0.05) is 18.5 Å². The van der Waals surface area contributed by atoms with Gasteiger partial charge in [0.2, 0.25) is 0 Å². The molecule has 0 spiro atoms. The highest BCUT2D eigenvalue weighted by atomic mass is 19.1. The monoisotopic (exact) mass is 321 g/mol. The number of aromatic nitrogens is 2. The minimum Gasteiger partial charge on any atom is -0.356 e. The Morgan fingerprint density at radius 1 is 0.792 bits per heavy atom. The fraction of sp³-hybridized carbons (Fsp3) is 0.300. The molecule has 0 aliphatic carbocycles. The number of anilines is 1. The van der Waals surface area contributed by atoms with Crippen molar-refractivity contribution in [1.82, 2.24) is 9.97 Å². The summed E-state index contributed by atoms with van der Waals surface area (Å²) in [6.07, 6.45) is 4.88. The average molecular weight is 321 g/mol. The van der Waals surface area contributed by atoms with Gasteiger partial charge in [0.05, 0.1) is 11.1 Å². The van der Waals surface area contributed by atoms with Crippen LogP contribution in [0.4, 0.5) is 10.2 Å². The van der Waals surface area contributed by atoms with Crippen molar-refractivity contribution in [3.63, 3.8) is 0 Å². The first-order chi connectivity index (χ1) is 11.8. The summed E-state index contributed by atoms with van der Waals surface area (Å²) >= 11 is 0. The summed E-state index contributed by atoms with van der Waals surface area (Å²) in [7, 11) is 0. The molecule has 24 heavy (non-hydrogen) atoms. The van der Waals surface area contributed by atoms with E-state index in [4.69, 9.17) is 4.98 Å². The first-order valence-electron chi connectivity index (χ1n) is 8.59. The lowest BCUT2D eigenvalue weighted by atomic mass is 10.1. The number of benzene rings is 2.